The molecular weight excluding hydrogens is 244 g/mol. The molecule has 4 heteroatoms. The molecule has 0 bridgehead atoms. The van der Waals surface area contributed by atoms with Gasteiger partial charge in [0.1, 0.15) is 0 Å². The van der Waals surface area contributed by atoms with Crippen LogP contribution >= 0.6 is 0 Å². The van der Waals surface area contributed by atoms with Crippen molar-refractivity contribution in [3.63, 3.8) is 0 Å². The van der Waals surface area contributed by atoms with Gasteiger partial charge in [-0.1, -0.05) is 0 Å². The molecule has 0 aromatic heterocycles. The molecule has 19 heavy (non-hydrogen) atoms. The average molecular weight is 266 g/mol. The van der Waals surface area contributed by atoms with E-state index in [1.54, 1.807) is 28.1 Å². The van der Waals surface area contributed by atoms with E-state index in [2.05, 4.69) is 0 Å². The van der Waals surface area contributed by atoms with Crippen LogP contribution in [0.3, 0.4) is 0 Å². The van der Waals surface area contributed by atoms with Gasteiger partial charge in [0.2, 0.25) is 0 Å². The molecule has 1 rings (SSSR count). The van der Waals surface area contributed by atoms with Gasteiger partial charge >= 0.3 is 5.97 Å². The summed E-state index contributed by atoms with van der Waals surface area (Å²) in [5.41, 5.74) is 2.15. The van der Waals surface area contributed by atoms with Crippen LogP contribution in [0.1, 0.15) is 30.5 Å². The Labute approximate surface area is 114 Å². The van der Waals surface area contributed by atoms with E-state index in [9.17, 15) is 9.90 Å². The van der Waals surface area contributed by atoms with Gasteiger partial charge in [-0.25, -0.2) is 0 Å². The SMILES string of the molecule is COc1cc(C)c(CC(C)(C)C(=O)O)c(C)c1OC. The molecule has 0 amide bonds. The Kier molecular flexibility index (Phi) is 4.45. The zero-order valence-electron chi connectivity index (χ0n) is 12.5. The first-order valence-corrected chi connectivity index (χ1v) is 6.19. The molecule has 0 heterocycles. The second kappa shape index (κ2) is 5.51. The number of aryl methyl sites for hydroxylation is 1. The van der Waals surface area contributed by atoms with Crippen molar-refractivity contribution in [2.75, 3.05) is 14.2 Å². The smallest absolute Gasteiger partial charge is 0.309 e. The summed E-state index contributed by atoms with van der Waals surface area (Å²) in [6.45, 7) is 7.35. The Balaban J connectivity index is 3.33. The molecule has 1 aromatic rings. The Hall–Kier alpha value is -1.71. The van der Waals surface area contributed by atoms with Crippen molar-refractivity contribution in [1.82, 2.24) is 0 Å². The first kappa shape index (κ1) is 15.3. The first-order chi connectivity index (χ1) is 8.74. The molecule has 0 saturated carbocycles. The molecule has 0 unspecified atom stereocenters. The topological polar surface area (TPSA) is 55.8 Å². The highest BCUT2D eigenvalue weighted by Gasteiger charge is 2.29. The van der Waals surface area contributed by atoms with Gasteiger partial charge < -0.3 is 14.6 Å². The van der Waals surface area contributed by atoms with Crippen molar-refractivity contribution in [2.24, 2.45) is 5.41 Å². The first-order valence-electron chi connectivity index (χ1n) is 6.19. The Morgan fingerprint density at radius 3 is 2.26 bits per heavy atom. The van der Waals surface area contributed by atoms with E-state index in [0.717, 1.165) is 16.7 Å². The van der Waals surface area contributed by atoms with Crippen LogP contribution in [-0.4, -0.2) is 25.3 Å². The number of ether oxygens (including phenoxy) is 2. The molecule has 1 aromatic carbocycles. The largest absolute Gasteiger partial charge is 0.493 e. The van der Waals surface area contributed by atoms with Gasteiger partial charge in [-0.15, -0.1) is 0 Å². The zero-order valence-corrected chi connectivity index (χ0v) is 12.5. The number of benzene rings is 1. The summed E-state index contributed by atoms with van der Waals surface area (Å²) >= 11 is 0. The van der Waals surface area contributed by atoms with Crippen molar-refractivity contribution in [3.8, 4) is 11.5 Å². The maximum atomic E-state index is 11.3. The third-order valence-corrected chi connectivity index (χ3v) is 3.46. The minimum atomic E-state index is -0.810. The van der Waals surface area contributed by atoms with E-state index in [4.69, 9.17) is 9.47 Å². The highest BCUT2D eigenvalue weighted by Crippen LogP contribution is 2.37. The second-order valence-electron chi connectivity index (χ2n) is 5.40. The molecule has 0 saturated heterocycles. The number of carboxylic acid groups (broad SMARTS) is 1. The van der Waals surface area contributed by atoms with Gasteiger partial charge in [-0.05, 0) is 56.9 Å². The monoisotopic (exact) mass is 266 g/mol. The molecule has 4 nitrogen and oxygen atoms in total. The zero-order chi connectivity index (χ0) is 14.8. The Morgan fingerprint density at radius 1 is 1.26 bits per heavy atom. The molecule has 0 atom stereocenters. The fourth-order valence-electron chi connectivity index (χ4n) is 2.16. The average Bonchev–Trinajstić information content (AvgIpc) is 2.33. The second-order valence-corrected chi connectivity index (χ2v) is 5.40. The summed E-state index contributed by atoms with van der Waals surface area (Å²) in [5, 5.41) is 9.26. The third-order valence-electron chi connectivity index (χ3n) is 3.46. The molecule has 0 aliphatic rings. The number of hydrogen-bond donors (Lipinski definition) is 1. The minimum absolute atomic E-state index is 0.459. The molecule has 0 aliphatic carbocycles. The predicted molar refractivity (Wildman–Crippen MR) is 74.1 cm³/mol. The lowest BCUT2D eigenvalue weighted by atomic mass is 9.82. The number of methoxy groups -OCH3 is 2. The van der Waals surface area contributed by atoms with Gasteiger partial charge in [0, 0.05) is 0 Å². The van der Waals surface area contributed by atoms with Crippen LogP contribution < -0.4 is 9.47 Å². The highest BCUT2D eigenvalue weighted by molar-refractivity contribution is 5.74. The quantitative estimate of drug-likeness (QED) is 0.890. The molecule has 0 radical (unpaired) electrons. The fraction of sp³-hybridized carbons (Fsp3) is 0.533. The van der Waals surface area contributed by atoms with E-state index in [-0.39, 0.29) is 0 Å². The van der Waals surface area contributed by atoms with Crippen molar-refractivity contribution in [1.29, 1.82) is 0 Å². The van der Waals surface area contributed by atoms with Crippen molar-refractivity contribution in [2.45, 2.75) is 34.1 Å². The number of hydrogen-bond acceptors (Lipinski definition) is 3. The van der Waals surface area contributed by atoms with Gasteiger partial charge in [0.15, 0.2) is 11.5 Å². The highest BCUT2D eigenvalue weighted by atomic mass is 16.5. The molecule has 0 spiro atoms. The van der Waals surface area contributed by atoms with Crippen LogP contribution in [-0.2, 0) is 11.2 Å². The molecule has 1 N–H and O–H groups in total. The molecular formula is C15H22O4. The molecule has 0 aliphatic heterocycles. The van der Waals surface area contributed by atoms with E-state index in [0.29, 0.717) is 17.9 Å². The van der Waals surface area contributed by atoms with Crippen LogP contribution in [0.15, 0.2) is 6.07 Å². The van der Waals surface area contributed by atoms with E-state index in [1.165, 1.54) is 0 Å². The number of carbonyl (C=O) groups is 1. The molecule has 106 valence electrons. The van der Waals surface area contributed by atoms with Gasteiger partial charge in [-0.3, -0.25) is 4.79 Å². The summed E-state index contributed by atoms with van der Waals surface area (Å²) in [6.07, 6.45) is 0.459. The van der Waals surface area contributed by atoms with Crippen LogP contribution in [0.4, 0.5) is 0 Å². The van der Waals surface area contributed by atoms with E-state index in [1.807, 2.05) is 19.9 Å². The lowest BCUT2D eigenvalue weighted by Gasteiger charge is -2.23. The lowest BCUT2D eigenvalue weighted by molar-refractivity contribution is -0.146. The fourth-order valence-corrected chi connectivity index (χ4v) is 2.16. The van der Waals surface area contributed by atoms with Gasteiger partial charge in [0.25, 0.3) is 0 Å². The van der Waals surface area contributed by atoms with Gasteiger partial charge in [-0.2, -0.15) is 0 Å². The van der Waals surface area contributed by atoms with Crippen molar-refractivity contribution >= 4 is 5.97 Å². The number of aliphatic carboxylic acids is 1. The number of rotatable bonds is 5. The molecule has 0 fully saturated rings. The van der Waals surface area contributed by atoms with Crippen LogP contribution in [0.2, 0.25) is 0 Å². The third kappa shape index (κ3) is 3.00. The summed E-state index contributed by atoms with van der Waals surface area (Å²) in [5.74, 6) is 0.541. The van der Waals surface area contributed by atoms with Crippen molar-refractivity contribution in [3.05, 3.63) is 22.8 Å². The summed E-state index contributed by atoms with van der Waals surface area (Å²) < 4.78 is 10.7. The Morgan fingerprint density at radius 2 is 1.84 bits per heavy atom. The summed E-state index contributed by atoms with van der Waals surface area (Å²) in [7, 11) is 3.18. The van der Waals surface area contributed by atoms with Crippen LogP contribution in [0.25, 0.3) is 0 Å². The maximum absolute atomic E-state index is 11.3. The summed E-state index contributed by atoms with van der Waals surface area (Å²) in [6, 6.07) is 1.89. The normalized spacial score (nSPS) is 11.3. The van der Waals surface area contributed by atoms with E-state index >= 15 is 0 Å². The summed E-state index contributed by atoms with van der Waals surface area (Å²) in [4.78, 5) is 11.3. The lowest BCUT2D eigenvalue weighted by Crippen LogP contribution is -2.27. The standard InChI is InChI=1S/C15H22O4/c1-9-7-12(18-5)13(19-6)10(2)11(9)8-15(3,4)14(16)17/h7H,8H2,1-6H3,(H,16,17). The Bertz CT molecular complexity index is 489. The van der Waals surface area contributed by atoms with Gasteiger partial charge in [0.05, 0.1) is 19.6 Å². The van der Waals surface area contributed by atoms with E-state index < -0.39 is 11.4 Å². The maximum Gasteiger partial charge on any atom is 0.309 e. The predicted octanol–water partition coefficient (Wildman–Crippen LogP) is 2.97. The van der Waals surface area contributed by atoms with Crippen LogP contribution in [0, 0.1) is 19.3 Å². The van der Waals surface area contributed by atoms with Crippen molar-refractivity contribution < 1.29 is 19.4 Å². The minimum Gasteiger partial charge on any atom is -0.493 e. The van der Waals surface area contributed by atoms with Crippen LogP contribution in [0.5, 0.6) is 11.5 Å². The number of carboxylic acids is 1.